The minimum Gasteiger partial charge on any atom is -0.494 e. The second-order valence-corrected chi connectivity index (χ2v) is 19.2. The van der Waals surface area contributed by atoms with Crippen LogP contribution in [0.1, 0.15) is 73.0 Å². The zero-order valence-corrected chi connectivity index (χ0v) is 36.6. The Morgan fingerprint density at radius 1 is 1.03 bits per heavy atom. The second-order valence-electron chi connectivity index (χ2n) is 16.7. The fourth-order valence-electron chi connectivity index (χ4n) is 8.13. The third kappa shape index (κ3) is 10.5. The summed E-state index contributed by atoms with van der Waals surface area (Å²) in [5.74, 6) is 0.465. The van der Waals surface area contributed by atoms with Crippen LogP contribution in [0.3, 0.4) is 0 Å². The number of benzene rings is 3. The summed E-state index contributed by atoms with van der Waals surface area (Å²) in [4.78, 5) is 27.7. The summed E-state index contributed by atoms with van der Waals surface area (Å²) in [5.41, 5.74) is 17.1. The lowest BCUT2D eigenvalue weighted by molar-refractivity contribution is 0.0983. The maximum absolute atomic E-state index is 14.0. The monoisotopic (exact) mass is 850 g/mol. The van der Waals surface area contributed by atoms with Gasteiger partial charge in [-0.1, -0.05) is 55.1 Å². The number of rotatable bonds is 16. The van der Waals surface area contributed by atoms with E-state index < -0.39 is 0 Å². The standard InChI is InChI=1S/C46H55ClN8O2S2/c1-46(2)14-12-33(40(27-46)31-4-6-35(47)7-5-31)29-54-18-20-55(21-19-54)36-8-11-39(34(24-36)23-30-22-32-13-15-50-44(32)51-28-30)45(56)53-59-38-25-41(48)43(42(26-38)57-3)49-16-17-52-58-37-9-10-37/h4-8,11,13,15,22,24-26,28,37,49,52H,9-10,12,14,16-21,23,27,29,48H2,1-3H3,(H,50,51)(H,53,56). The van der Waals surface area contributed by atoms with Gasteiger partial charge in [0.05, 0.1) is 12.8 Å². The first-order valence-electron chi connectivity index (χ1n) is 20.7. The maximum atomic E-state index is 14.0. The first-order chi connectivity index (χ1) is 28.6. The van der Waals surface area contributed by atoms with Crippen LogP contribution in [0.2, 0.25) is 5.02 Å². The van der Waals surface area contributed by atoms with Crippen molar-refractivity contribution >= 4 is 75.1 Å². The van der Waals surface area contributed by atoms with Gasteiger partial charge in [0.15, 0.2) is 0 Å². The maximum Gasteiger partial charge on any atom is 0.261 e. The van der Waals surface area contributed by atoms with Crippen LogP contribution in [-0.2, 0) is 6.42 Å². The Bertz CT molecular complexity index is 2300. The van der Waals surface area contributed by atoms with E-state index in [9.17, 15) is 4.79 Å². The lowest BCUT2D eigenvalue weighted by atomic mass is 9.72. The molecule has 0 unspecified atom stereocenters. The number of carbonyl (C=O) groups excluding carboxylic acids is 1. The highest BCUT2D eigenvalue weighted by atomic mass is 35.5. The Kier molecular flexibility index (Phi) is 13.0. The fraction of sp³-hybridized carbons (Fsp3) is 0.391. The van der Waals surface area contributed by atoms with Crippen molar-refractivity contribution in [3.8, 4) is 5.75 Å². The molecule has 2 fully saturated rings. The number of H-pyrrole nitrogens is 1. The van der Waals surface area contributed by atoms with E-state index in [1.54, 1.807) is 12.7 Å². The quantitative estimate of drug-likeness (QED) is 0.0373. The van der Waals surface area contributed by atoms with Crippen molar-refractivity contribution in [2.45, 2.75) is 62.5 Å². The van der Waals surface area contributed by atoms with Crippen LogP contribution >= 0.6 is 35.5 Å². The van der Waals surface area contributed by atoms with E-state index >= 15 is 0 Å². The van der Waals surface area contributed by atoms with Crippen LogP contribution < -0.4 is 30.1 Å². The zero-order chi connectivity index (χ0) is 40.9. The Balaban J connectivity index is 0.955. The number of nitrogens with two attached hydrogens (primary N) is 1. The van der Waals surface area contributed by atoms with Crippen molar-refractivity contribution in [2.75, 3.05) is 68.9 Å². The van der Waals surface area contributed by atoms with Crippen LogP contribution in [0.15, 0.2) is 89.6 Å². The average molecular weight is 852 g/mol. The van der Waals surface area contributed by atoms with Gasteiger partial charge in [-0.05, 0) is 133 Å². The number of hydrogen-bond donors (Lipinski definition) is 5. The van der Waals surface area contributed by atoms with E-state index in [-0.39, 0.29) is 11.3 Å². The normalized spacial score (nSPS) is 17.1. The molecule has 1 saturated heterocycles. The molecule has 3 aliphatic rings. The van der Waals surface area contributed by atoms with Crippen LogP contribution in [0.25, 0.3) is 16.6 Å². The molecule has 5 aromatic rings. The molecule has 0 radical (unpaired) electrons. The summed E-state index contributed by atoms with van der Waals surface area (Å²) in [6, 6.07) is 22.6. The number of hydrogen-bond acceptors (Lipinski definition) is 10. The highest BCUT2D eigenvalue weighted by Gasteiger charge is 2.30. The van der Waals surface area contributed by atoms with Gasteiger partial charge in [0.25, 0.3) is 5.91 Å². The molecule has 1 amide bonds. The van der Waals surface area contributed by atoms with Gasteiger partial charge in [0, 0.05) is 90.0 Å². The molecular weight excluding hydrogens is 796 g/mol. The number of piperazine rings is 1. The van der Waals surface area contributed by atoms with Gasteiger partial charge in [0.2, 0.25) is 0 Å². The summed E-state index contributed by atoms with van der Waals surface area (Å²) < 4.78 is 12.2. The van der Waals surface area contributed by atoms with Crippen molar-refractivity contribution in [1.29, 1.82) is 0 Å². The molecule has 3 aromatic carbocycles. The lowest BCUT2D eigenvalue weighted by Gasteiger charge is -2.39. The molecule has 0 spiro atoms. The number of methoxy groups -OCH3 is 1. The number of nitrogen functional groups attached to an aromatic ring is 1. The molecule has 10 nitrogen and oxygen atoms in total. The number of allylic oxidation sites excluding steroid dienone is 1. The molecule has 1 aliphatic heterocycles. The topological polar surface area (TPSA) is 124 Å². The van der Waals surface area contributed by atoms with Gasteiger partial charge in [-0.3, -0.25) is 19.1 Å². The minimum absolute atomic E-state index is 0.170. The number of halogens is 1. The molecule has 2 aromatic heterocycles. The number of anilines is 3. The number of nitrogens with zero attached hydrogens (tertiary/aromatic N) is 3. The number of ether oxygens (including phenoxy) is 1. The van der Waals surface area contributed by atoms with Crippen molar-refractivity contribution in [2.24, 2.45) is 5.41 Å². The number of carbonyl (C=O) groups is 1. The third-order valence-corrected chi connectivity index (χ3v) is 13.8. The van der Waals surface area contributed by atoms with Crippen LogP contribution in [-0.4, -0.2) is 78.9 Å². The summed E-state index contributed by atoms with van der Waals surface area (Å²) in [5, 5.41) is 5.98. The molecule has 59 heavy (non-hydrogen) atoms. The summed E-state index contributed by atoms with van der Waals surface area (Å²) in [6.07, 6.45) is 10.4. The SMILES string of the molecule is COc1cc(SNC(=O)c2ccc(N3CCN(CC4=C(c5ccc(Cl)cc5)CC(C)(C)CC4)CC3)cc2Cc2cnc3[nH]ccc3c2)cc(N)c1NCCNSC1CC1. The number of aromatic nitrogens is 2. The molecule has 6 N–H and O–H groups in total. The summed E-state index contributed by atoms with van der Waals surface area (Å²) >= 11 is 9.31. The molecule has 13 heteroatoms. The first-order valence-corrected chi connectivity index (χ1v) is 22.7. The van der Waals surface area contributed by atoms with Gasteiger partial charge in [-0.25, -0.2) is 4.98 Å². The average Bonchev–Trinajstić information content (AvgIpc) is 3.95. The summed E-state index contributed by atoms with van der Waals surface area (Å²) in [7, 11) is 1.63. The fourth-order valence-corrected chi connectivity index (χ4v) is 9.75. The van der Waals surface area contributed by atoms with Crippen molar-refractivity contribution in [3.63, 3.8) is 0 Å². The second kappa shape index (κ2) is 18.5. The van der Waals surface area contributed by atoms with Gasteiger partial charge in [-0.2, -0.15) is 0 Å². The van der Waals surface area contributed by atoms with E-state index in [2.05, 4.69) is 78.7 Å². The first kappa shape index (κ1) is 41.4. The Hall–Kier alpha value is -4.33. The van der Waals surface area contributed by atoms with E-state index in [0.717, 1.165) is 101 Å². The minimum atomic E-state index is -0.170. The highest BCUT2D eigenvalue weighted by molar-refractivity contribution is 7.98. The number of fused-ring (bicyclic) bond motifs is 1. The number of amides is 1. The van der Waals surface area contributed by atoms with Crippen molar-refractivity contribution < 1.29 is 9.53 Å². The van der Waals surface area contributed by atoms with Gasteiger partial charge in [-0.15, -0.1) is 0 Å². The Labute approximate surface area is 361 Å². The van der Waals surface area contributed by atoms with Gasteiger partial charge in [0.1, 0.15) is 17.1 Å². The molecular formula is C46H55ClN8O2S2. The number of nitrogens with one attached hydrogen (secondary N) is 4. The van der Waals surface area contributed by atoms with Crippen LogP contribution in [0, 0.1) is 5.41 Å². The molecule has 3 heterocycles. The van der Waals surface area contributed by atoms with Gasteiger partial charge < -0.3 is 25.7 Å². The van der Waals surface area contributed by atoms with E-state index in [0.29, 0.717) is 30.0 Å². The molecule has 2 aliphatic carbocycles. The largest absolute Gasteiger partial charge is 0.494 e. The van der Waals surface area contributed by atoms with Crippen molar-refractivity contribution in [1.82, 2.24) is 24.3 Å². The number of aromatic amines is 1. The number of pyridine rings is 1. The van der Waals surface area contributed by atoms with E-state index in [1.165, 1.54) is 42.3 Å². The molecule has 310 valence electrons. The predicted octanol–water partition coefficient (Wildman–Crippen LogP) is 9.43. The summed E-state index contributed by atoms with van der Waals surface area (Å²) in [6.45, 7) is 11.1. The molecule has 1 saturated carbocycles. The predicted molar refractivity (Wildman–Crippen MR) is 248 cm³/mol. The van der Waals surface area contributed by atoms with E-state index in [1.807, 2.05) is 60.7 Å². The van der Waals surface area contributed by atoms with Crippen LogP contribution in [0.5, 0.6) is 5.75 Å². The van der Waals surface area contributed by atoms with Crippen molar-refractivity contribution in [3.05, 3.63) is 112 Å². The molecule has 0 bridgehead atoms. The molecule has 8 rings (SSSR count). The Morgan fingerprint density at radius 2 is 1.85 bits per heavy atom. The highest BCUT2D eigenvalue weighted by Crippen LogP contribution is 2.43. The molecule has 0 atom stereocenters. The third-order valence-electron chi connectivity index (χ3n) is 11.6. The van der Waals surface area contributed by atoms with Gasteiger partial charge >= 0.3 is 0 Å². The zero-order valence-electron chi connectivity index (χ0n) is 34.2. The van der Waals surface area contributed by atoms with Crippen LogP contribution in [0.4, 0.5) is 17.1 Å². The lowest BCUT2D eigenvalue weighted by Crippen LogP contribution is -2.47. The van der Waals surface area contributed by atoms with E-state index in [4.69, 9.17) is 22.1 Å². The Morgan fingerprint density at radius 3 is 2.63 bits per heavy atom. The smallest absolute Gasteiger partial charge is 0.261 e.